The van der Waals surface area contributed by atoms with Crippen LogP contribution in [0.3, 0.4) is 0 Å². The zero-order chi connectivity index (χ0) is 17.1. The van der Waals surface area contributed by atoms with Crippen LogP contribution in [0.15, 0.2) is 30.7 Å². The number of hydrogen-bond donors (Lipinski definition) is 0. The molecule has 2 aromatic rings. The van der Waals surface area contributed by atoms with Crippen molar-refractivity contribution in [2.24, 2.45) is 5.92 Å². The third-order valence-electron chi connectivity index (χ3n) is 4.92. The van der Waals surface area contributed by atoms with E-state index >= 15 is 0 Å². The number of aryl methyl sites for hydroxylation is 1. The molecule has 0 aliphatic carbocycles. The lowest BCUT2D eigenvalue weighted by molar-refractivity contribution is -0.115. The second kappa shape index (κ2) is 6.92. The molecule has 7 nitrogen and oxygen atoms in total. The lowest BCUT2D eigenvalue weighted by Crippen LogP contribution is -2.66. The van der Waals surface area contributed by atoms with E-state index in [0.717, 1.165) is 50.6 Å². The number of hydrogen-bond acceptors (Lipinski definition) is 7. The first-order valence-corrected chi connectivity index (χ1v) is 8.81. The molecular weight excluding hydrogens is 318 g/mol. The largest absolute Gasteiger partial charge is 0.463 e. The Labute approximate surface area is 147 Å². The minimum Gasteiger partial charge on any atom is -0.463 e. The molecule has 2 saturated heterocycles. The van der Waals surface area contributed by atoms with Gasteiger partial charge in [0.25, 0.3) is 0 Å². The van der Waals surface area contributed by atoms with Gasteiger partial charge in [-0.25, -0.2) is 19.9 Å². The van der Waals surface area contributed by atoms with Gasteiger partial charge in [-0.15, -0.1) is 0 Å². The number of nitrogens with zero attached hydrogens (tertiary/aromatic N) is 5. The summed E-state index contributed by atoms with van der Waals surface area (Å²) in [4.78, 5) is 19.2. The van der Waals surface area contributed by atoms with Gasteiger partial charge in [0.15, 0.2) is 0 Å². The SMILES string of the molecule is Cc1ccnc(OCC[C@H]2CCOC3(C2)CN(c2ncccn2)C3)n1. The van der Waals surface area contributed by atoms with Gasteiger partial charge in [0.05, 0.1) is 19.7 Å². The molecule has 4 rings (SSSR count). The maximum absolute atomic E-state index is 6.10. The minimum atomic E-state index is -0.0397. The van der Waals surface area contributed by atoms with Gasteiger partial charge in [-0.2, -0.15) is 0 Å². The Morgan fingerprint density at radius 1 is 1.24 bits per heavy atom. The summed E-state index contributed by atoms with van der Waals surface area (Å²) in [5.74, 6) is 1.40. The summed E-state index contributed by atoms with van der Waals surface area (Å²) in [6.45, 7) is 5.14. The lowest BCUT2D eigenvalue weighted by atomic mass is 9.79. The van der Waals surface area contributed by atoms with E-state index in [9.17, 15) is 0 Å². The summed E-state index contributed by atoms with van der Waals surface area (Å²) in [5.41, 5.74) is 0.884. The zero-order valence-electron chi connectivity index (χ0n) is 14.5. The average molecular weight is 341 g/mol. The molecule has 1 spiro atoms. The summed E-state index contributed by atoms with van der Waals surface area (Å²) < 4.78 is 11.8. The van der Waals surface area contributed by atoms with Crippen LogP contribution in [0, 0.1) is 12.8 Å². The number of ether oxygens (including phenoxy) is 2. The minimum absolute atomic E-state index is 0.0397. The van der Waals surface area contributed by atoms with Crippen molar-refractivity contribution in [3.8, 4) is 6.01 Å². The highest BCUT2D eigenvalue weighted by molar-refractivity contribution is 5.37. The van der Waals surface area contributed by atoms with Gasteiger partial charge >= 0.3 is 6.01 Å². The van der Waals surface area contributed by atoms with Crippen molar-refractivity contribution in [2.75, 3.05) is 31.2 Å². The second-order valence-electron chi connectivity index (χ2n) is 6.91. The fourth-order valence-electron chi connectivity index (χ4n) is 3.65. The van der Waals surface area contributed by atoms with Crippen LogP contribution in [0.5, 0.6) is 6.01 Å². The lowest BCUT2D eigenvalue weighted by Gasteiger charge is -2.53. The maximum atomic E-state index is 6.10. The van der Waals surface area contributed by atoms with Crippen LogP contribution in [-0.2, 0) is 4.74 Å². The van der Waals surface area contributed by atoms with Crippen molar-refractivity contribution >= 4 is 5.95 Å². The summed E-state index contributed by atoms with van der Waals surface area (Å²) >= 11 is 0. The fraction of sp³-hybridized carbons (Fsp3) is 0.556. The van der Waals surface area contributed by atoms with Crippen molar-refractivity contribution in [3.05, 3.63) is 36.4 Å². The monoisotopic (exact) mass is 341 g/mol. The maximum Gasteiger partial charge on any atom is 0.316 e. The summed E-state index contributed by atoms with van der Waals surface area (Å²) in [6.07, 6.45) is 8.45. The third kappa shape index (κ3) is 3.71. The van der Waals surface area contributed by atoms with E-state index in [2.05, 4.69) is 24.8 Å². The Morgan fingerprint density at radius 2 is 2.08 bits per heavy atom. The van der Waals surface area contributed by atoms with Crippen molar-refractivity contribution in [2.45, 2.75) is 31.8 Å². The highest BCUT2D eigenvalue weighted by Gasteiger charge is 2.48. The normalized spacial score (nSPS) is 21.8. The molecule has 0 radical (unpaired) electrons. The summed E-state index contributed by atoms with van der Waals surface area (Å²) in [7, 11) is 0. The predicted molar refractivity (Wildman–Crippen MR) is 92.5 cm³/mol. The van der Waals surface area contributed by atoms with Gasteiger partial charge in [0, 0.05) is 30.9 Å². The van der Waals surface area contributed by atoms with Crippen LogP contribution in [-0.4, -0.2) is 51.8 Å². The first-order chi connectivity index (χ1) is 12.2. The Balaban J connectivity index is 1.26. The van der Waals surface area contributed by atoms with E-state index < -0.39 is 0 Å². The van der Waals surface area contributed by atoms with Gasteiger partial charge in [-0.05, 0) is 44.2 Å². The van der Waals surface area contributed by atoms with Gasteiger partial charge in [0.1, 0.15) is 5.60 Å². The standard InChI is InChI=1S/C18H23N5O2/c1-14-3-8-21-17(22-14)24-9-4-15-5-10-25-18(11-15)12-23(13-18)16-19-6-2-7-20-16/h2-3,6-8,15H,4-5,9-13H2,1H3/t15-/m0/s1. The Kier molecular flexibility index (Phi) is 4.48. The van der Waals surface area contributed by atoms with E-state index in [4.69, 9.17) is 9.47 Å². The molecule has 0 aromatic carbocycles. The second-order valence-corrected chi connectivity index (χ2v) is 6.91. The molecule has 2 aliphatic heterocycles. The van der Waals surface area contributed by atoms with Crippen molar-refractivity contribution in [3.63, 3.8) is 0 Å². The first-order valence-electron chi connectivity index (χ1n) is 8.81. The van der Waals surface area contributed by atoms with Crippen molar-refractivity contribution in [1.82, 2.24) is 19.9 Å². The van der Waals surface area contributed by atoms with E-state index in [0.29, 0.717) is 18.5 Å². The molecule has 25 heavy (non-hydrogen) atoms. The summed E-state index contributed by atoms with van der Waals surface area (Å²) in [6, 6.07) is 4.18. The van der Waals surface area contributed by atoms with Crippen LogP contribution in [0.25, 0.3) is 0 Å². The third-order valence-corrected chi connectivity index (χ3v) is 4.92. The highest BCUT2D eigenvalue weighted by Crippen LogP contribution is 2.39. The van der Waals surface area contributed by atoms with E-state index in [-0.39, 0.29) is 5.60 Å². The molecule has 2 aliphatic rings. The zero-order valence-corrected chi connectivity index (χ0v) is 14.5. The number of anilines is 1. The first kappa shape index (κ1) is 16.2. The molecule has 0 bridgehead atoms. The van der Waals surface area contributed by atoms with Crippen LogP contribution in [0.2, 0.25) is 0 Å². The van der Waals surface area contributed by atoms with Crippen molar-refractivity contribution < 1.29 is 9.47 Å². The number of aromatic nitrogens is 4. The Bertz CT molecular complexity index is 706. The number of rotatable bonds is 5. The molecule has 7 heteroatoms. The fourth-order valence-corrected chi connectivity index (χ4v) is 3.65. The quantitative estimate of drug-likeness (QED) is 0.824. The molecule has 0 amide bonds. The molecule has 1 atom stereocenters. The van der Waals surface area contributed by atoms with E-state index in [1.807, 2.05) is 19.1 Å². The molecule has 132 valence electrons. The summed E-state index contributed by atoms with van der Waals surface area (Å²) in [5, 5.41) is 0. The highest BCUT2D eigenvalue weighted by atomic mass is 16.5. The van der Waals surface area contributed by atoms with Crippen LogP contribution < -0.4 is 9.64 Å². The molecule has 0 N–H and O–H groups in total. The van der Waals surface area contributed by atoms with E-state index in [1.165, 1.54) is 0 Å². The van der Waals surface area contributed by atoms with Crippen LogP contribution in [0.4, 0.5) is 5.95 Å². The van der Waals surface area contributed by atoms with E-state index in [1.54, 1.807) is 18.6 Å². The average Bonchev–Trinajstić information content (AvgIpc) is 2.61. The Morgan fingerprint density at radius 3 is 2.88 bits per heavy atom. The van der Waals surface area contributed by atoms with Crippen LogP contribution in [0.1, 0.15) is 25.0 Å². The van der Waals surface area contributed by atoms with Gasteiger partial charge in [-0.3, -0.25) is 0 Å². The van der Waals surface area contributed by atoms with Gasteiger partial charge in [0.2, 0.25) is 5.95 Å². The van der Waals surface area contributed by atoms with Gasteiger partial charge in [-0.1, -0.05) is 0 Å². The van der Waals surface area contributed by atoms with Crippen molar-refractivity contribution in [1.29, 1.82) is 0 Å². The molecular formula is C18H23N5O2. The molecule has 0 saturated carbocycles. The molecule has 0 unspecified atom stereocenters. The van der Waals surface area contributed by atoms with Gasteiger partial charge < -0.3 is 14.4 Å². The predicted octanol–water partition coefficient (Wildman–Crippen LogP) is 2.03. The Hall–Kier alpha value is -2.28. The molecule has 2 aromatic heterocycles. The van der Waals surface area contributed by atoms with Crippen LogP contribution >= 0.6 is 0 Å². The topological polar surface area (TPSA) is 73.3 Å². The molecule has 4 heterocycles. The molecule has 2 fully saturated rings. The smallest absolute Gasteiger partial charge is 0.316 e.